The van der Waals surface area contributed by atoms with Gasteiger partial charge in [0, 0.05) is 12.5 Å². The zero-order valence-corrected chi connectivity index (χ0v) is 7.63. The molecule has 0 unspecified atom stereocenters. The van der Waals surface area contributed by atoms with E-state index in [9.17, 15) is 0 Å². The Labute approximate surface area is 76.6 Å². The highest BCUT2D eigenvalue weighted by atomic mass is 16.3. The molecule has 1 aliphatic rings. The van der Waals surface area contributed by atoms with Crippen LogP contribution >= 0.6 is 0 Å². The molecule has 0 radical (unpaired) electrons. The smallest absolute Gasteiger partial charge is 0.192 e. The first-order chi connectivity index (χ1) is 6.34. The van der Waals surface area contributed by atoms with Crippen LogP contribution in [-0.4, -0.2) is 4.98 Å². The molecule has 2 heteroatoms. The quantitative estimate of drug-likeness (QED) is 0.612. The molecular weight excluding hydrogens is 162 g/mol. The highest BCUT2D eigenvalue weighted by molar-refractivity contribution is 5.78. The zero-order valence-electron chi connectivity index (χ0n) is 7.63. The van der Waals surface area contributed by atoms with Gasteiger partial charge in [0.2, 0.25) is 0 Å². The summed E-state index contributed by atoms with van der Waals surface area (Å²) in [4.78, 5) is 4.32. The summed E-state index contributed by atoms with van der Waals surface area (Å²) in [6, 6.07) is 4.25. The van der Waals surface area contributed by atoms with Crippen molar-refractivity contribution in [2.75, 3.05) is 0 Å². The third-order valence-corrected chi connectivity index (χ3v) is 2.74. The van der Waals surface area contributed by atoms with Crippen LogP contribution in [-0.2, 0) is 12.8 Å². The van der Waals surface area contributed by atoms with Crippen LogP contribution in [0.4, 0.5) is 0 Å². The Balaban J connectivity index is 2.42. The summed E-state index contributed by atoms with van der Waals surface area (Å²) < 4.78 is 5.60. The van der Waals surface area contributed by atoms with Crippen LogP contribution in [0, 0.1) is 6.92 Å². The van der Waals surface area contributed by atoms with E-state index in [2.05, 4.69) is 17.1 Å². The Hall–Kier alpha value is -1.31. The van der Waals surface area contributed by atoms with Gasteiger partial charge >= 0.3 is 0 Å². The third-order valence-electron chi connectivity index (χ3n) is 2.74. The second-order valence-electron chi connectivity index (χ2n) is 3.64. The van der Waals surface area contributed by atoms with E-state index < -0.39 is 0 Å². The van der Waals surface area contributed by atoms with Crippen LogP contribution in [0.5, 0.6) is 0 Å². The maximum Gasteiger partial charge on any atom is 0.192 e. The van der Waals surface area contributed by atoms with Crippen molar-refractivity contribution in [1.29, 1.82) is 0 Å². The minimum atomic E-state index is 0.773. The normalized spacial score (nSPS) is 15.2. The molecule has 3 rings (SSSR count). The molecule has 0 N–H and O–H groups in total. The van der Waals surface area contributed by atoms with Gasteiger partial charge in [0.05, 0.1) is 0 Å². The fourth-order valence-electron chi connectivity index (χ4n) is 2.16. The third kappa shape index (κ3) is 0.916. The number of aryl methyl sites for hydroxylation is 3. The van der Waals surface area contributed by atoms with Gasteiger partial charge in [-0.3, -0.25) is 0 Å². The van der Waals surface area contributed by atoms with Crippen molar-refractivity contribution in [2.45, 2.75) is 26.2 Å². The predicted octanol–water partition coefficient (Wildman–Crippen LogP) is 2.62. The molecule has 1 aromatic heterocycles. The molecule has 0 saturated heterocycles. The fraction of sp³-hybridized carbons (Fsp3) is 0.364. The fourth-order valence-corrected chi connectivity index (χ4v) is 2.16. The molecule has 0 saturated carbocycles. The summed E-state index contributed by atoms with van der Waals surface area (Å²) >= 11 is 0. The van der Waals surface area contributed by atoms with E-state index in [0.717, 1.165) is 23.4 Å². The summed E-state index contributed by atoms with van der Waals surface area (Å²) in [5.74, 6) is 0.773. The van der Waals surface area contributed by atoms with Crippen LogP contribution in [0.25, 0.3) is 11.1 Å². The van der Waals surface area contributed by atoms with Crippen LogP contribution in [0.2, 0.25) is 0 Å². The first-order valence-electron chi connectivity index (χ1n) is 4.72. The minimum absolute atomic E-state index is 0.773. The Morgan fingerprint density at radius 3 is 3.15 bits per heavy atom. The lowest BCUT2D eigenvalue weighted by Gasteiger charge is -1.96. The van der Waals surface area contributed by atoms with Crippen LogP contribution in [0.3, 0.4) is 0 Å². The Kier molecular flexibility index (Phi) is 1.29. The van der Waals surface area contributed by atoms with Gasteiger partial charge in [-0.25, -0.2) is 4.98 Å². The number of rotatable bonds is 0. The molecule has 0 aliphatic heterocycles. The van der Waals surface area contributed by atoms with E-state index >= 15 is 0 Å². The maximum atomic E-state index is 5.60. The summed E-state index contributed by atoms with van der Waals surface area (Å²) in [6.45, 7) is 1.90. The maximum absolute atomic E-state index is 5.60. The van der Waals surface area contributed by atoms with E-state index in [4.69, 9.17) is 4.42 Å². The lowest BCUT2D eigenvalue weighted by Crippen LogP contribution is -1.81. The first kappa shape index (κ1) is 7.13. The Bertz CT molecular complexity index is 470. The molecule has 1 aliphatic carbocycles. The average molecular weight is 173 g/mol. The minimum Gasteiger partial charge on any atom is -0.441 e. The number of aromatic nitrogens is 1. The highest BCUT2D eigenvalue weighted by Gasteiger charge is 2.16. The van der Waals surface area contributed by atoms with Gasteiger partial charge in [-0.05, 0) is 30.9 Å². The van der Waals surface area contributed by atoms with Crippen molar-refractivity contribution >= 4 is 11.1 Å². The standard InChI is InChI=1S/C11H11NO/c1-7-12-10-6-5-8-3-2-4-9(8)11(10)13-7/h5-6H,2-4H2,1H3. The zero-order chi connectivity index (χ0) is 8.84. The summed E-state index contributed by atoms with van der Waals surface area (Å²) in [7, 11) is 0. The molecule has 2 aromatic rings. The molecule has 0 amide bonds. The van der Waals surface area contributed by atoms with Gasteiger partial charge in [-0.2, -0.15) is 0 Å². The van der Waals surface area contributed by atoms with Gasteiger partial charge in [-0.1, -0.05) is 6.07 Å². The highest BCUT2D eigenvalue weighted by Crippen LogP contribution is 2.29. The first-order valence-corrected chi connectivity index (χ1v) is 4.72. The molecule has 0 bridgehead atoms. The van der Waals surface area contributed by atoms with Gasteiger partial charge in [0.15, 0.2) is 11.5 Å². The number of hydrogen-bond acceptors (Lipinski definition) is 2. The van der Waals surface area contributed by atoms with E-state index in [-0.39, 0.29) is 0 Å². The van der Waals surface area contributed by atoms with Crippen molar-refractivity contribution in [2.24, 2.45) is 0 Å². The van der Waals surface area contributed by atoms with Gasteiger partial charge in [0.1, 0.15) is 5.52 Å². The summed E-state index contributed by atoms with van der Waals surface area (Å²) in [6.07, 6.45) is 3.61. The number of benzene rings is 1. The van der Waals surface area contributed by atoms with Crippen LogP contribution < -0.4 is 0 Å². The van der Waals surface area contributed by atoms with Crippen molar-refractivity contribution in [3.05, 3.63) is 29.2 Å². The molecule has 0 spiro atoms. The lowest BCUT2D eigenvalue weighted by atomic mass is 10.1. The van der Waals surface area contributed by atoms with Gasteiger partial charge in [0.25, 0.3) is 0 Å². The average Bonchev–Trinajstić information content (AvgIpc) is 2.65. The predicted molar refractivity (Wildman–Crippen MR) is 50.8 cm³/mol. The molecule has 0 atom stereocenters. The van der Waals surface area contributed by atoms with Crippen LogP contribution in [0.15, 0.2) is 16.5 Å². The SMILES string of the molecule is Cc1nc2ccc3c(c2o1)CCC3. The topological polar surface area (TPSA) is 26.0 Å². The van der Waals surface area contributed by atoms with Crippen molar-refractivity contribution in [3.8, 4) is 0 Å². The Morgan fingerprint density at radius 2 is 2.23 bits per heavy atom. The van der Waals surface area contributed by atoms with E-state index in [1.165, 1.54) is 24.0 Å². The molecule has 1 aromatic carbocycles. The summed E-state index contributed by atoms with van der Waals surface area (Å²) in [5.41, 5.74) is 4.87. The molecule has 66 valence electrons. The second kappa shape index (κ2) is 2.34. The summed E-state index contributed by atoms with van der Waals surface area (Å²) in [5, 5.41) is 0. The molecular formula is C11H11NO. The Morgan fingerprint density at radius 1 is 1.31 bits per heavy atom. The van der Waals surface area contributed by atoms with E-state index in [0.29, 0.717) is 0 Å². The second-order valence-corrected chi connectivity index (χ2v) is 3.64. The number of nitrogens with zero attached hydrogens (tertiary/aromatic N) is 1. The van der Waals surface area contributed by atoms with Crippen molar-refractivity contribution in [3.63, 3.8) is 0 Å². The monoisotopic (exact) mass is 173 g/mol. The van der Waals surface area contributed by atoms with E-state index in [1.54, 1.807) is 0 Å². The molecule has 13 heavy (non-hydrogen) atoms. The van der Waals surface area contributed by atoms with Crippen molar-refractivity contribution in [1.82, 2.24) is 4.98 Å². The largest absolute Gasteiger partial charge is 0.441 e. The van der Waals surface area contributed by atoms with Gasteiger partial charge in [-0.15, -0.1) is 0 Å². The molecule has 0 fully saturated rings. The van der Waals surface area contributed by atoms with Crippen molar-refractivity contribution < 1.29 is 4.42 Å². The van der Waals surface area contributed by atoms with E-state index in [1.807, 2.05) is 6.92 Å². The molecule has 1 heterocycles. The number of fused-ring (bicyclic) bond motifs is 3. The number of oxazole rings is 1. The lowest BCUT2D eigenvalue weighted by molar-refractivity contribution is 0.558. The van der Waals surface area contributed by atoms with Gasteiger partial charge < -0.3 is 4.42 Å². The van der Waals surface area contributed by atoms with Crippen LogP contribution in [0.1, 0.15) is 23.4 Å². The molecule has 2 nitrogen and oxygen atoms in total. The number of hydrogen-bond donors (Lipinski definition) is 0.